The number of amides is 1. The average molecular weight is 780 g/mol. The van der Waals surface area contributed by atoms with Crippen LogP contribution >= 0.6 is 0 Å². The number of carbonyl (C=O) groups is 2. The fourth-order valence-corrected chi connectivity index (χ4v) is 7.70. The van der Waals surface area contributed by atoms with Crippen LogP contribution < -0.4 is 25.5 Å². The van der Waals surface area contributed by atoms with E-state index >= 15 is 0 Å². The van der Waals surface area contributed by atoms with Gasteiger partial charge in [-0.3, -0.25) is 14.4 Å². The molecule has 0 fully saturated rings. The quantitative estimate of drug-likeness (QED) is 0.0668. The number of nitrogens with zero attached hydrogens (tertiary/aromatic N) is 2. The number of pyridine rings is 1. The van der Waals surface area contributed by atoms with E-state index in [4.69, 9.17) is 4.74 Å². The van der Waals surface area contributed by atoms with Gasteiger partial charge in [-0.1, -0.05) is 37.3 Å². The molecule has 0 saturated heterocycles. The highest BCUT2D eigenvalue weighted by atomic mass is 32.2. The Morgan fingerprint density at radius 2 is 1.61 bits per heavy atom. The lowest BCUT2D eigenvalue weighted by molar-refractivity contribution is -0.138. The van der Waals surface area contributed by atoms with Gasteiger partial charge in [0.15, 0.2) is 5.95 Å². The summed E-state index contributed by atoms with van der Waals surface area (Å²) >= 11 is 0. The van der Waals surface area contributed by atoms with Crippen molar-refractivity contribution in [2.45, 2.75) is 42.1 Å². The molecule has 16 nitrogen and oxygen atoms in total. The summed E-state index contributed by atoms with van der Waals surface area (Å²) in [5, 5.41) is 15.5. The third kappa shape index (κ3) is 9.97. The lowest BCUT2D eigenvalue weighted by Gasteiger charge is -2.16. The summed E-state index contributed by atoms with van der Waals surface area (Å²) in [5.41, 5.74) is 1.80. The molecule has 0 radical (unpaired) electrons. The Bertz CT molecular complexity index is 2360. The van der Waals surface area contributed by atoms with Crippen molar-refractivity contribution >= 4 is 48.8 Å². The number of carboxylic acids is 1. The Morgan fingerprint density at radius 1 is 0.944 bits per heavy atom. The molecule has 18 heteroatoms. The maximum absolute atomic E-state index is 13.3. The maximum atomic E-state index is 13.3. The first-order valence-corrected chi connectivity index (χ1v) is 19.9. The van der Waals surface area contributed by atoms with E-state index in [1.54, 1.807) is 54.3 Å². The maximum Gasteiger partial charge on any atom is 0.323 e. The van der Waals surface area contributed by atoms with Crippen LogP contribution in [0.5, 0.6) is 0 Å². The third-order valence-electron chi connectivity index (χ3n) is 8.29. The van der Waals surface area contributed by atoms with E-state index < -0.39 is 49.9 Å². The summed E-state index contributed by atoms with van der Waals surface area (Å²) in [6.07, 6.45) is 6.04. The first-order chi connectivity index (χ1) is 25.8. The SMILES string of the molecule is CCCOCCCNS(=O)(=O)c1ccc(-c2ccc(S(=O)(=O)N[C@@H](CNC(=O)c3cn(C)c4cc(CNc5ncc[nH]5)ccc4c3=O)C(=O)O)cc2)cc1. The van der Waals surface area contributed by atoms with E-state index in [1.165, 1.54) is 42.6 Å². The van der Waals surface area contributed by atoms with Gasteiger partial charge in [-0.15, -0.1) is 0 Å². The Morgan fingerprint density at radius 3 is 2.22 bits per heavy atom. The summed E-state index contributed by atoms with van der Waals surface area (Å²) in [6, 6.07) is 15.0. The minimum atomic E-state index is -4.38. The van der Waals surface area contributed by atoms with E-state index in [-0.39, 0.29) is 27.3 Å². The molecule has 2 aromatic heterocycles. The van der Waals surface area contributed by atoms with Crippen molar-refractivity contribution in [3.63, 3.8) is 0 Å². The van der Waals surface area contributed by atoms with Crippen molar-refractivity contribution in [2.24, 2.45) is 7.05 Å². The minimum Gasteiger partial charge on any atom is -0.480 e. The van der Waals surface area contributed by atoms with Gasteiger partial charge in [-0.05, 0) is 65.9 Å². The number of anilines is 1. The first kappa shape index (κ1) is 39.8. The van der Waals surface area contributed by atoms with Crippen molar-refractivity contribution in [1.82, 2.24) is 29.3 Å². The predicted octanol–water partition coefficient (Wildman–Crippen LogP) is 2.80. The molecule has 5 aromatic rings. The minimum absolute atomic E-state index is 0.0705. The lowest BCUT2D eigenvalue weighted by atomic mass is 10.1. The molecule has 0 aliphatic carbocycles. The second-order valence-corrected chi connectivity index (χ2v) is 15.7. The third-order valence-corrected chi connectivity index (χ3v) is 11.3. The van der Waals surface area contributed by atoms with Crippen LogP contribution in [-0.2, 0) is 43.2 Å². The molecule has 3 aromatic carbocycles. The van der Waals surface area contributed by atoms with Gasteiger partial charge < -0.3 is 30.0 Å². The molecule has 0 spiro atoms. The van der Waals surface area contributed by atoms with Crippen LogP contribution in [0.4, 0.5) is 5.95 Å². The summed E-state index contributed by atoms with van der Waals surface area (Å²) < 4.78 is 63.2. The molecule has 0 saturated carbocycles. The molecule has 0 aliphatic rings. The van der Waals surface area contributed by atoms with Crippen LogP contribution in [0, 0.1) is 0 Å². The Balaban J connectivity index is 1.20. The Kier molecular flexibility index (Phi) is 13.0. The highest BCUT2D eigenvalue weighted by Crippen LogP contribution is 2.23. The monoisotopic (exact) mass is 779 g/mol. The summed E-state index contributed by atoms with van der Waals surface area (Å²) in [4.78, 5) is 45.3. The zero-order valence-electron chi connectivity index (χ0n) is 29.5. The van der Waals surface area contributed by atoms with Crippen molar-refractivity contribution in [3.05, 3.63) is 107 Å². The van der Waals surface area contributed by atoms with Gasteiger partial charge >= 0.3 is 5.97 Å². The normalized spacial score (nSPS) is 12.4. The number of aryl methyl sites for hydroxylation is 1. The molecule has 0 aliphatic heterocycles. The van der Waals surface area contributed by atoms with Gasteiger partial charge in [0.05, 0.1) is 15.3 Å². The van der Waals surface area contributed by atoms with Crippen LogP contribution in [-0.4, -0.2) is 80.7 Å². The average Bonchev–Trinajstić information content (AvgIpc) is 3.69. The number of carboxylic acid groups (broad SMARTS) is 1. The zero-order chi connectivity index (χ0) is 38.9. The first-order valence-electron chi connectivity index (χ1n) is 17.0. The van der Waals surface area contributed by atoms with Crippen LogP contribution in [0.1, 0.15) is 35.7 Å². The molecule has 1 atom stereocenters. The number of fused-ring (bicyclic) bond motifs is 1. The van der Waals surface area contributed by atoms with E-state index in [9.17, 15) is 36.3 Å². The summed E-state index contributed by atoms with van der Waals surface area (Å²) in [7, 11) is -6.45. The number of hydrogen-bond donors (Lipinski definition) is 6. The van der Waals surface area contributed by atoms with Crippen LogP contribution in [0.3, 0.4) is 0 Å². The number of nitrogens with one attached hydrogen (secondary N) is 5. The number of sulfonamides is 2. The standard InChI is InChI=1S/C36H41N7O9S2/c1-3-18-52-19-4-15-41-53(48,49)27-10-6-25(7-11-27)26-8-12-28(13-9-26)54(50,51)42-31(35(46)47)22-39-34(45)30-23-43(2)32-20-24(5-14-29(32)33(30)44)21-40-36-37-16-17-38-36/h5-14,16-17,20,23,31,41-42H,3-4,15,18-19,21-22H2,1-2H3,(H,39,45)(H,46,47)(H2,37,38,40)/t31-/m0/s1. The van der Waals surface area contributed by atoms with Gasteiger partial charge in [0.25, 0.3) is 5.91 Å². The second-order valence-electron chi connectivity index (χ2n) is 12.3. The van der Waals surface area contributed by atoms with E-state index in [0.29, 0.717) is 48.8 Å². The number of aliphatic carboxylic acids is 1. The van der Waals surface area contributed by atoms with Crippen LogP contribution in [0.2, 0.25) is 0 Å². The molecule has 54 heavy (non-hydrogen) atoms. The number of H-pyrrole nitrogens is 1. The van der Waals surface area contributed by atoms with E-state index in [1.807, 2.05) is 6.92 Å². The Labute approximate surface area is 312 Å². The van der Waals surface area contributed by atoms with Gasteiger partial charge in [0.2, 0.25) is 25.5 Å². The number of carbonyl (C=O) groups excluding carboxylic acids is 1. The van der Waals surface area contributed by atoms with Gasteiger partial charge in [0, 0.05) is 63.9 Å². The number of ether oxygens (including phenoxy) is 1. The van der Waals surface area contributed by atoms with Crippen molar-refractivity contribution < 1.29 is 36.3 Å². The van der Waals surface area contributed by atoms with Gasteiger partial charge in [-0.25, -0.2) is 26.5 Å². The topological polar surface area (TPSA) is 231 Å². The second kappa shape index (κ2) is 17.6. The molecule has 2 heterocycles. The number of benzene rings is 3. The molecule has 0 bridgehead atoms. The van der Waals surface area contributed by atoms with Crippen molar-refractivity contribution in [3.8, 4) is 11.1 Å². The molecular formula is C36H41N7O9S2. The van der Waals surface area contributed by atoms with Gasteiger partial charge in [-0.2, -0.15) is 4.72 Å². The molecule has 0 unspecified atom stereocenters. The highest BCUT2D eigenvalue weighted by molar-refractivity contribution is 7.89. The number of hydrogen-bond acceptors (Lipinski definition) is 10. The lowest BCUT2D eigenvalue weighted by Crippen LogP contribution is -2.48. The van der Waals surface area contributed by atoms with Crippen molar-refractivity contribution in [1.29, 1.82) is 0 Å². The highest BCUT2D eigenvalue weighted by Gasteiger charge is 2.27. The summed E-state index contributed by atoms with van der Waals surface area (Å²) in [6.45, 7) is 3.06. The zero-order valence-corrected chi connectivity index (χ0v) is 31.2. The Hall–Kier alpha value is -5.40. The van der Waals surface area contributed by atoms with Gasteiger partial charge in [0.1, 0.15) is 11.6 Å². The smallest absolute Gasteiger partial charge is 0.323 e. The summed E-state index contributed by atoms with van der Waals surface area (Å²) in [5.74, 6) is -1.84. The van der Waals surface area contributed by atoms with Crippen LogP contribution in [0.25, 0.3) is 22.0 Å². The predicted molar refractivity (Wildman–Crippen MR) is 202 cm³/mol. The molecule has 6 N–H and O–H groups in total. The molecular weight excluding hydrogens is 739 g/mol. The number of rotatable bonds is 19. The van der Waals surface area contributed by atoms with E-state index in [0.717, 1.165) is 12.0 Å². The largest absolute Gasteiger partial charge is 0.480 e. The number of aromatic nitrogens is 3. The molecule has 5 rings (SSSR count). The van der Waals surface area contributed by atoms with Crippen LogP contribution in [0.15, 0.2) is 99.9 Å². The fourth-order valence-electron chi connectivity index (χ4n) is 5.44. The molecule has 1 amide bonds. The molecule has 286 valence electrons. The number of imidazole rings is 1. The van der Waals surface area contributed by atoms with Crippen molar-refractivity contribution in [2.75, 3.05) is 31.6 Å². The van der Waals surface area contributed by atoms with E-state index in [2.05, 4.69) is 30.0 Å². The number of aromatic amines is 1. The fraction of sp³-hybridized carbons (Fsp3) is 0.278.